The summed E-state index contributed by atoms with van der Waals surface area (Å²) < 4.78 is 10.7. The molecule has 7 nitrogen and oxygen atoms in total. The number of ether oxygens (including phenoxy) is 2. The largest absolute Gasteiger partial charge is 0.493 e. The fourth-order valence-corrected chi connectivity index (χ4v) is 2.70. The van der Waals surface area contributed by atoms with Crippen LogP contribution in [0.15, 0.2) is 12.1 Å². The molecule has 0 aromatic heterocycles. The van der Waals surface area contributed by atoms with E-state index in [0.29, 0.717) is 24.6 Å². The van der Waals surface area contributed by atoms with E-state index in [1.54, 1.807) is 26.2 Å². The highest BCUT2D eigenvalue weighted by molar-refractivity contribution is 5.81. The van der Waals surface area contributed by atoms with Gasteiger partial charge in [-0.05, 0) is 50.6 Å². The summed E-state index contributed by atoms with van der Waals surface area (Å²) in [6.45, 7) is 9.24. The van der Waals surface area contributed by atoms with Crippen molar-refractivity contribution in [2.45, 2.75) is 40.3 Å². The van der Waals surface area contributed by atoms with Gasteiger partial charge in [-0.2, -0.15) is 0 Å². The average molecular weight is 380 g/mol. The predicted molar refractivity (Wildman–Crippen MR) is 106 cm³/mol. The Kier molecular flexibility index (Phi) is 9.08. The minimum absolute atomic E-state index is 0.0385. The van der Waals surface area contributed by atoms with Gasteiger partial charge in [-0.25, -0.2) is 0 Å². The first-order chi connectivity index (χ1) is 12.7. The molecule has 0 atom stereocenters. The summed E-state index contributed by atoms with van der Waals surface area (Å²) in [4.78, 5) is 28.0. The zero-order valence-corrected chi connectivity index (χ0v) is 17.6. The summed E-state index contributed by atoms with van der Waals surface area (Å²) in [5, 5.41) is 2.85. The highest BCUT2D eigenvalue weighted by atomic mass is 16.5. The van der Waals surface area contributed by atoms with Crippen molar-refractivity contribution in [3.05, 3.63) is 23.3 Å². The van der Waals surface area contributed by atoms with Crippen LogP contribution in [0.25, 0.3) is 0 Å². The molecule has 0 bridgehead atoms. The van der Waals surface area contributed by atoms with Gasteiger partial charge in [-0.1, -0.05) is 6.92 Å². The summed E-state index contributed by atoms with van der Waals surface area (Å²) in [7, 11) is 4.95. The van der Waals surface area contributed by atoms with Crippen LogP contribution in [0.3, 0.4) is 0 Å². The molecule has 0 aliphatic rings. The van der Waals surface area contributed by atoms with Gasteiger partial charge in [0.2, 0.25) is 11.8 Å². The van der Waals surface area contributed by atoms with E-state index in [9.17, 15) is 9.59 Å². The maximum absolute atomic E-state index is 12.6. The van der Waals surface area contributed by atoms with Crippen molar-refractivity contribution < 1.29 is 19.1 Å². The Balaban J connectivity index is 2.74. The van der Waals surface area contributed by atoms with E-state index >= 15 is 0 Å². The maximum atomic E-state index is 12.6. The maximum Gasteiger partial charge on any atom is 0.236 e. The number of hydrogen-bond acceptors (Lipinski definition) is 5. The van der Waals surface area contributed by atoms with Gasteiger partial charge in [0, 0.05) is 19.6 Å². The molecule has 0 spiro atoms. The van der Waals surface area contributed by atoms with E-state index in [4.69, 9.17) is 9.47 Å². The van der Waals surface area contributed by atoms with Crippen molar-refractivity contribution >= 4 is 11.8 Å². The van der Waals surface area contributed by atoms with Crippen LogP contribution in [-0.2, 0) is 16.1 Å². The molecule has 0 radical (unpaired) electrons. The molecule has 7 heteroatoms. The van der Waals surface area contributed by atoms with Crippen molar-refractivity contribution in [3.63, 3.8) is 0 Å². The number of likely N-dealkylation sites (N-methyl/N-ethyl adjacent to an activating group) is 2. The van der Waals surface area contributed by atoms with E-state index < -0.39 is 0 Å². The fourth-order valence-electron chi connectivity index (χ4n) is 2.70. The summed E-state index contributed by atoms with van der Waals surface area (Å²) in [5.74, 6) is 1.20. The second kappa shape index (κ2) is 10.8. The minimum Gasteiger partial charge on any atom is -0.493 e. The molecule has 1 aromatic carbocycles. The smallest absolute Gasteiger partial charge is 0.236 e. The zero-order valence-electron chi connectivity index (χ0n) is 17.6. The first-order valence-corrected chi connectivity index (χ1v) is 9.18. The molecule has 152 valence electrons. The SMILES string of the molecule is CCN(CC(=O)NC(C)C)CC(=O)N(C)Cc1cc(OC)c(OC)cc1C. The van der Waals surface area contributed by atoms with Gasteiger partial charge in [-0.3, -0.25) is 14.5 Å². The number of nitrogens with zero attached hydrogens (tertiary/aromatic N) is 2. The van der Waals surface area contributed by atoms with E-state index in [2.05, 4.69) is 5.32 Å². The Hall–Kier alpha value is -2.28. The molecule has 0 saturated heterocycles. The van der Waals surface area contributed by atoms with E-state index in [1.165, 1.54) is 0 Å². The van der Waals surface area contributed by atoms with Gasteiger partial charge in [-0.15, -0.1) is 0 Å². The second-order valence-corrected chi connectivity index (χ2v) is 6.91. The normalized spacial score (nSPS) is 10.9. The number of rotatable bonds is 10. The third kappa shape index (κ3) is 7.09. The van der Waals surface area contributed by atoms with Gasteiger partial charge < -0.3 is 19.7 Å². The molecule has 1 N–H and O–H groups in total. The van der Waals surface area contributed by atoms with Crippen molar-refractivity contribution in [2.24, 2.45) is 0 Å². The van der Waals surface area contributed by atoms with Gasteiger partial charge in [0.05, 0.1) is 27.3 Å². The Morgan fingerprint density at radius 3 is 2.22 bits per heavy atom. The lowest BCUT2D eigenvalue weighted by Crippen LogP contribution is -2.44. The van der Waals surface area contributed by atoms with Crippen LogP contribution in [0.2, 0.25) is 0 Å². The molecular weight excluding hydrogens is 346 g/mol. The van der Waals surface area contributed by atoms with Crippen molar-refractivity contribution in [1.29, 1.82) is 0 Å². The van der Waals surface area contributed by atoms with Gasteiger partial charge >= 0.3 is 0 Å². The lowest BCUT2D eigenvalue weighted by molar-refractivity contribution is -0.132. The summed E-state index contributed by atoms with van der Waals surface area (Å²) >= 11 is 0. The van der Waals surface area contributed by atoms with E-state index in [0.717, 1.165) is 11.1 Å². The van der Waals surface area contributed by atoms with Gasteiger partial charge in [0.25, 0.3) is 0 Å². The Morgan fingerprint density at radius 2 is 1.70 bits per heavy atom. The number of nitrogens with one attached hydrogen (secondary N) is 1. The number of benzene rings is 1. The standard InChI is InChI=1S/C20H33N3O4/c1-8-23(12-19(24)21-14(2)3)13-20(25)22(5)11-16-10-18(27-7)17(26-6)9-15(16)4/h9-10,14H,8,11-13H2,1-7H3,(H,21,24). The summed E-state index contributed by atoms with van der Waals surface area (Å²) in [6.07, 6.45) is 0. The number of amides is 2. The second-order valence-electron chi connectivity index (χ2n) is 6.91. The van der Waals surface area contributed by atoms with Crippen LogP contribution >= 0.6 is 0 Å². The van der Waals surface area contributed by atoms with Crippen molar-refractivity contribution in [2.75, 3.05) is 40.9 Å². The Morgan fingerprint density at radius 1 is 1.11 bits per heavy atom. The molecule has 0 saturated carbocycles. The van der Waals surface area contributed by atoms with Crippen molar-refractivity contribution in [1.82, 2.24) is 15.1 Å². The Bertz CT molecular complexity index is 646. The molecule has 0 fully saturated rings. The highest BCUT2D eigenvalue weighted by Gasteiger charge is 2.18. The van der Waals surface area contributed by atoms with Crippen LogP contribution in [0.4, 0.5) is 0 Å². The first kappa shape index (κ1) is 22.8. The predicted octanol–water partition coefficient (Wildman–Crippen LogP) is 1.82. The lowest BCUT2D eigenvalue weighted by atomic mass is 10.1. The van der Waals surface area contributed by atoms with Crippen LogP contribution < -0.4 is 14.8 Å². The molecule has 2 amide bonds. The third-order valence-corrected chi connectivity index (χ3v) is 4.30. The Labute approximate surface area is 162 Å². The van der Waals surface area contributed by atoms with Crippen molar-refractivity contribution in [3.8, 4) is 11.5 Å². The fraction of sp³-hybridized carbons (Fsp3) is 0.600. The van der Waals surface area contributed by atoms with E-state index in [1.807, 2.05) is 44.7 Å². The number of methoxy groups -OCH3 is 2. The molecular formula is C20H33N3O4. The van der Waals surface area contributed by atoms with Crippen LogP contribution in [-0.4, -0.2) is 68.6 Å². The van der Waals surface area contributed by atoms with Crippen LogP contribution in [0.1, 0.15) is 31.9 Å². The van der Waals surface area contributed by atoms with Gasteiger partial charge in [0.1, 0.15) is 0 Å². The molecule has 0 unspecified atom stereocenters. The quantitative estimate of drug-likeness (QED) is 0.671. The third-order valence-electron chi connectivity index (χ3n) is 4.30. The van der Waals surface area contributed by atoms with Gasteiger partial charge in [0.15, 0.2) is 11.5 Å². The minimum atomic E-state index is -0.0713. The number of aryl methyl sites for hydroxylation is 1. The molecule has 27 heavy (non-hydrogen) atoms. The number of hydrogen-bond donors (Lipinski definition) is 1. The number of carbonyl (C=O) groups is 2. The highest BCUT2D eigenvalue weighted by Crippen LogP contribution is 2.30. The van der Waals surface area contributed by atoms with E-state index in [-0.39, 0.29) is 30.9 Å². The van der Waals surface area contributed by atoms with Crippen LogP contribution in [0, 0.1) is 6.92 Å². The molecule has 1 rings (SSSR count). The number of carbonyl (C=O) groups excluding carboxylic acids is 2. The molecule has 1 aromatic rings. The average Bonchev–Trinajstić information content (AvgIpc) is 2.61. The summed E-state index contributed by atoms with van der Waals surface area (Å²) in [6, 6.07) is 3.88. The monoisotopic (exact) mass is 379 g/mol. The first-order valence-electron chi connectivity index (χ1n) is 9.18. The topological polar surface area (TPSA) is 71.1 Å². The zero-order chi connectivity index (χ0) is 20.6. The van der Waals surface area contributed by atoms with Crippen LogP contribution in [0.5, 0.6) is 11.5 Å². The molecule has 0 aliphatic heterocycles. The molecule has 0 heterocycles. The molecule has 0 aliphatic carbocycles. The summed E-state index contributed by atoms with van der Waals surface area (Å²) in [5.41, 5.74) is 2.01. The lowest BCUT2D eigenvalue weighted by Gasteiger charge is -2.25.